The molecule has 0 atom stereocenters. The average Bonchev–Trinajstić information content (AvgIpc) is 2.81. The summed E-state index contributed by atoms with van der Waals surface area (Å²) in [6.07, 6.45) is 0.445. The normalized spacial score (nSPS) is 19.2. The number of hydrogen-bond acceptors (Lipinski definition) is 6. The minimum Gasteiger partial charge on any atom is -0.457 e. The predicted molar refractivity (Wildman–Crippen MR) is 123 cm³/mol. The number of nitrogens with one attached hydrogen (secondary N) is 2. The van der Waals surface area contributed by atoms with Gasteiger partial charge in [-0.2, -0.15) is 0 Å². The summed E-state index contributed by atoms with van der Waals surface area (Å²) in [6.45, 7) is 2.24. The van der Waals surface area contributed by atoms with Crippen LogP contribution in [0.25, 0.3) is 0 Å². The zero-order chi connectivity index (χ0) is 23.4. The van der Waals surface area contributed by atoms with Gasteiger partial charge in [0.2, 0.25) is 5.54 Å². The first kappa shape index (κ1) is 23.3. The zero-order valence-electron chi connectivity index (χ0n) is 17.9. The van der Waals surface area contributed by atoms with Crippen molar-refractivity contribution in [3.05, 3.63) is 58.6 Å². The Labute approximate surface area is 199 Å². The van der Waals surface area contributed by atoms with Gasteiger partial charge < -0.3 is 9.64 Å². The summed E-state index contributed by atoms with van der Waals surface area (Å²) < 4.78 is 19.3. The molecule has 2 fully saturated rings. The molecule has 2 N–H and O–H groups in total. The molecule has 0 aromatic heterocycles. The molecule has 10 heteroatoms. The first-order chi connectivity index (χ1) is 15.9. The second-order valence-electron chi connectivity index (χ2n) is 7.90. The van der Waals surface area contributed by atoms with E-state index in [1.54, 1.807) is 29.2 Å². The summed E-state index contributed by atoms with van der Waals surface area (Å²) in [4.78, 5) is 42.0. The van der Waals surface area contributed by atoms with Crippen LogP contribution in [0.3, 0.4) is 0 Å². The monoisotopic (exact) mass is 517 g/mol. The summed E-state index contributed by atoms with van der Waals surface area (Å²) in [7, 11) is 0. The number of alkyl halides is 1. The number of carbonyl (C=O) groups is 3. The topological polar surface area (TPSA) is 91.0 Å². The molecule has 33 heavy (non-hydrogen) atoms. The van der Waals surface area contributed by atoms with Gasteiger partial charge in [0.05, 0.1) is 6.67 Å². The predicted octanol–water partition coefficient (Wildman–Crippen LogP) is 2.78. The van der Waals surface area contributed by atoms with Gasteiger partial charge in [-0.25, -0.2) is 4.79 Å². The van der Waals surface area contributed by atoms with Gasteiger partial charge in [0.25, 0.3) is 11.8 Å². The quantitative estimate of drug-likeness (QED) is 0.548. The van der Waals surface area contributed by atoms with Crippen LogP contribution >= 0.6 is 15.9 Å². The Balaban J connectivity index is 1.60. The SMILES string of the molecule is O=C1NC(=O)C(c2ccc(Oc3ccc(Br)cc3)cc2)(N2CCN(CCC[18F])CC2)C(=O)N1. The van der Waals surface area contributed by atoms with Gasteiger partial charge in [-0.15, -0.1) is 0 Å². The lowest BCUT2D eigenvalue weighted by Gasteiger charge is -2.46. The van der Waals surface area contributed by atoms with Crippen LogP contribution in [0.4, 0.5) is 9.18 Å². The molecular weight excluding hydrogens is 494 g/mol. The van der Waals surface area contributed by atoms with E-state index < -0.39 is 23.4 Å². The van der Waals surface area contributed by atoms with Gasteiger partial charge in [-0.05, 0) is 48.4 Å². The molecule has 0 aliphatic carbocycles. The third-order valence-corrected chi connectivity index (χ3v) is 6.42. The Hall–Kier alpha value is -2.82. The number of amides is 4. The molecule has 2 aromatic carbocycles. The highest BCUT2D eigenvalue weighted by atomic mass is 79.9. The molecule has 0 spiro atoms. The number of nitrogens with zero attached hydrogens (tertiary/aromatic N) is 2. The molecule has 4 rings (SSSR count). The summed E-state index contributed by atoms with van der Waals surface area (Å²) >= 11 is 3.38. The molecule has 0 saturated carbocycles. The van der Waals surface area contributed by atoms with E-state index in [-0.39, 0.29) is 6.67 Å². The number of rotatable bonds is 7. The Morgan fingerprint density at radius 1 is 0.879 bits per heavy atom. The lowest BCUT2D eigenvalue weighted by molar-refractivity contribution is -0.150. The fourth-order valence-corrected chi connectivity index (χ4v) is 4.51. The number of benzene rings is 2. The van der Waals surface area contributed by atoms with Crippen LogP contribution in [-0.2, 0) is 15.1 Å². The van der Waals surface area contributed by atoms with Crippen molar-refractivity contribution in [1.82, 2.24) is 20.4 Å². The van der Waals surface area contributed by atoms with Crippen molar-refractivity contribution in [2.45, 2.75) is 12.0 Å². The summed E-state index contributed by atoms with van der Waals surface area (Å²) in [5.74, 6) is -0.186. The maximum atomic E-state index is 13.2. The first-order valence-corrected chi connectivity index (χ1v) is 11.5. The second kappa shape index (κ2) is 9.98. The molecule has 0 unspecified atom stereocenters. The number of hydrogen-bond donors (Lipinski definition) is 2. The molecule has 2 aromatic rings. The van der Waals surface area contributed by atoms with Crippen LogP contribution < -0.4 is 15.4 Å². The van der Waals surface area contributed by atoms with E-state index in [1.807, 2.05) is 24.3 Å². The Morgan fingerprint density at radius 3 is 1.97 bits per heavy atom. The zero-order valence-corrected chi connectivity index (χ0v) is 19.4. The number of carbonyl (C=O) groups excluding carboxylic acids is 3. The standard InChI is InChI=1S/C23H24BrFN4O4/c24-17-4-8-19(9-5-17)33-18-6-2-16(3-7-18)23(20(30)26-22(32)27-21(23)31)29-14-12-28(13-15-29)11-1-10-25/h2-9H,1,10-15H2,(H2,26,27,30,31,32)/i25-1. The largest absolute Gasteiger partial charge is 0.457 e. The highest BCUT2D eigenvalue weighted by Crippen LogP contribution is 2.34. The minimum atomic E-state index is -1.68. The van der Waals surface area contributed by atoms with Gasteiger partial charge in [-0.3, -0.25) is 29.5 Å². The van der Waals surface area contributed by atoms with Gasteiger partial charge in [0.1, 0.15) is 11.5 Å². The Bertz CT molecular complexity index is 1000. The first-order valence-electron chi connectivity index (χ1n) is 10.7. The molecule has 4 amide bonds. The number of halogens is 2. The molecule has 0 bridgehead atoms. The van der Waals surface area contributed by atoms with Crippen LogP contribution in [0.15, 0.2) is 53.0 Å². The number of ether oxygens (including phenoxy) is 1. The van der Waals surface area contributed by atoms with E-state index in [0.717, 1.165) is 4.47 Å². The van der Waals surface area contributed by atoms with E-state index in [2.05, 4.69) is 31.5 Å². The number of imide groups is 2. The van der Waals surface area contributed by atoms with Gasteiger partial charge >= 0.3 is 6.03 Å². The third-order valence-electron chi connectivity index (χ3n) is 5.89. The average molecular weight is 518 g/mol. The van der Waals surface area contributed by atoms with Crippen LogP contribution in [0.1, 0.15) is 12.0 Å². The highest BCUT2D eigenvalue weighted by molar-refractivity contribution is 9.10. The van der Waals surface area contributed by atoms with E-state index in [9.17, 15) is 18.8 Å². The van der Waals surface area contributed by atoms with Crippen molar-refractivity contribution in [2.75, 3.05) is 39.4 Å². The molecule has 2 saturated heterocycles. The lowest BCUT2D eigenvalue weighted by Crippen LogP contribution is -2.72. The van der Waals surface area contributed by atoms with Crippen molar-refractivity contribution in [3.8, 4) is 11.5 Å². The third kappa shape index (κ3) is 4.78. The molecule has 2 heterocycles. The van der Waals surface area contributed by atoms with Crippen LogP contribution in [0, 0.1) is 0 Å². The van der Waals surface area contributed by atoms with Gasteiger partial charge in [0, 0.05) is 37.2 Å². The molecule has 174 valence electrons. The Morgan fingerprint density at radius 2 is 1.42 bits per heavy atom. The molecule has 2 aliphatic rings. The van der Waals surface area contributed by atoms with Crippen LogP contribution in [0.5, 0.6) is 11.5 Å². The maximum absolute atomic E-state index is 13.2. The molecule has 2 aliphatic heterocycles. The minimum absolute atomic E-state index is 0.383. The Kier molecular flexibility index (Phi) is 7.06. The molecular formula is C23H24BrFN4O4. The lowest BCUT2D eigenvalue weighted by atomic mass is 9.84. The second-order valence-corrected chi connectivity index (χ2v) is 8.82. The van der Waals surface area contributed by atoms with E-state index >= 15 is 0 Å². The van der Waals surface area contributed by atoms with E-state index in [1.165, 1.54) is 0 Å². The fraction of sp³-hybridized carbons (Fsp3) is 0.348. The highest BCUT2D eigenvalue weighted by Gasteiger charge is 2.56. The van der Waals surface area contributed by atoms with Crippen molar-refractivity contribution >= 4 is 33.8 Å². The number of piperazine rings is 1. The van der Waals surface area contributed by atoms with Crippen molar-refractivity contribution < 1.29 is 23.5 Å². The number of barbiturate groups is 1. The van der Waals surface area contributed by atoms with Gasteiger partial charge in [-0.1, -0.05) is 28.1 Å². The fourth-order valence-electron chi connectivity index (χ4n) is 4.25. The molecule has 8 nitrogen and oxygen atoms in total. The summed E-state index contributed by atoms with van der Waals surface area (Å²) in [5.41, 5.74) is -1.25. The van der Waals surface area contributed by atoms with E-state index in [0.29, 0.717) is 56.2 Å². The van der Waals surface area contributed by atoms with Crippen LogP contribution in [0.2, 0.25) is 0 Å². The van der Waals surface area contributed by atoms with E-state index in [4.69, 9.17) is 4.74 Å². The van der Waals surface area contributed by atoms with Gasteiger partial charge in [0.15, 0.2) is 0 Å². The number of urea groups is 1. The summed E-state index contributed by atoms with van der Waals surface area (Å²) in [6, 6.07) is 13.2. The maximum Gasteiger partial charge on any atom is 0.328 e. The smallest absolute Gasteiger partial charge is 0.328 e. The van der Waals surface area contributed by atoms with Crippen molar-refractivity contribution in [3.63, 3.8) is 0 Å². The molecule has 0 radical (unpaired) electrons. The van der Waals surface area contributed by atoms with Crippen LogP contribution in [-0.4, -0.2) is 67.0 Å². The summed E-state index contributed by atoms with van der Waals surface area (Å²) in [5, 5.41) is 4.50. The van der Waals surface area contributed by atoms with Crippen molar-refractivity contribution in [2.24, 2.45) is 0 Å². The van der Waals surface area contributed by atoms with Crippen molar-refractivity contribution in [1.29, 1.82) is 0 Å².